The molecule has 4 saturated carbocycles. The summed E-state index contributed by atoms with van der Waals surface area (Å²) in [6.45, 7) is 3.88. The van der Waals surface area contributed by atoms with Gasteiger partial charge >= 0.3 is 0 Å². The quantitative estimate of drug-likeness (QED) is 0.655. The van der Waals surface area contributed by atoms with E-state index in [1.54, 1.807) is 0 Å². The van der Waals surface area contributed by atoms with Gasteiger partial charge < -0.3 is 5.11 Å². The molecule has 0 spiro atoms. The molecule has 4 bridgehead atoms. The second-order valence-electron chi connectivity index (χ2n) is 5.80. The van der Waals surface area contributed by atoms with E-state index in [0.717, 1.165) is 17.8 Å². The Balaban J connectivity index is 1.91. The molecule has 1 N–H and O–H groups in total. The van der Waals surface area contributed by atoms with Gasteiger partial charge in [0.2, 0.25) is 0 Å². The SMILES string of the molecule is [CH2]C(O)C12CC3CC(CC(C3)C1)C2. The Labute approximate surface area is 80.5 Å². The third-order valence-electron chi connectivity index (χ3n) is 4.79. The first-order chi connectivity index (χ1) is 6.18. The maximum absolute atomic E-state index is 9.81. The molecule has 0 saturated heterocycles. The normalized spacial score (nSPS) is 55.4. The summed E-state index contributed by atoms with van der Waals surface area (Å²) in [5.41, 5.74) is 0.245. The minimum atomic E-state index is -0.305. The molecular formula is C12H19O. The Morgan fingerprint density at radius 2 is 1.38 bits per heavy atom. The van der Waals surface area contributed by atoms with Crippen molar-refractivity contribution in [1.29, 1.82) is 0 Å². The van der Waals surface area contributed by atoms with Crippen LogP contribution in [0, 0.1) is 30.1 Å². The van der Waals surface area contributed by atoms with Gasteiger partial charge in [-0.05, 0) is 68.6 Å². The summed E-state index contributed by atoms with van der Waals surface area (Å²) in [5, 5.41) is 9.81. The Bertz CT molecular complexity index is 184. The van der Waals surface area contributed by atoms with Crippen LogP contribution in [0.25, 0.3) is 0 Å². The predicted octanol–water partition coefficient (Wildman–Crippen LogP) is 2.40. The van der Waals surface area contributed by atoms with Gasteiger partial charge in [-0.2, -0.15) is 0 Å². The zero-order valence-electron chi connectivity index (χ0n) is 8.21. The maximum Gasteiger partial charge on any atom is 0.0597 e. The van der Waals surface area contributed by atoms with Crippen molar-refractivity contribution >= 4 is 0 Å². The molecule has 1 heteroatoms. The lowest BCUT2D eigenvalue weighted by Crippen LogP contribution is -2.50. The maximum atomic E-state index is 9.81. The van der Waals surface area contributed by atoms with Crippen LogP contribution in [0.1, 0.15) is 38.5 Å². The van der Waals surface area contributed by atoms with Gasteiger partial charge in [0.25, 0.3) is 0 Å². The van der Waals surface area contributed by atoms with Crippen molar-refractivity contribution in [2.45, 2.75) is 44.6 Å². The minimum Gasteiger partial charge on any atom is -0.393 e. The van der Waals surface area contributed by atoms with Crippen molar-refractivity contribution in [3.05, 3.63) is 6.92 Å². The molecule has 1 unspecified atom stereocenters. The fourth-order valence-corrected chi connectivity index (χ4v) is 4.59. The van der Waals surface area contributed by atoms with E-state index in [9.17, 15) is 5.11 Å². The molecule has 4 rings (SSSR count). The molecule has 4 fully saturated rings. The summed E-state index contributed by atoms with van der Waals surface area (Å²) in [4.78, 5) is 0. The largest absolute Gasteiger partial charge is 0.393 e. The van der Waals surface area contributed by atoms with E-state index in [2.05, 4.69) is 6.92 Å². The Hall–Kier alpha value is -0.0400. The molecule has 73 valence electrons. The monoisotopic (exact) mass is 179 g/mol. The highest BCUT2D eigenvalue weighted by Crippen LogP contribution is 2.61. The van der Waals surface area contributed by atoms with Crippen LogP contribution in [-0.2, 0) is 0 Å². The topological polar surface area (TPSA) is 20.2 Å². The average molecular weight is 179 g/mol. The summed E-state index contributed by atoms with van der Waals surface area (Å²) < 4.78 is 0. The number of rotatable bonds is 1. The molecule has 0 amide bonds. The zero-order valence-corrected chi connectivity index (χ0v) is 8.21. The van der Waals surface area contributed by atoms with E-state index in [4.69, 9.17) is 0 Å². The highest BCUT2D eigenvalue weighted by Gasteiger charge is 2.52. The lowest BCUT2D eigenvalue weighted by atomic mass is 9.48. The predicted molar refractivity (Wildman–Crippen MR) is 52.0 cm³/mol. The molecule has 0 aromatic heterocycles. The third kappa shape index (κ3) is 1.09. The fourth-order valence-electron chi connectivity index (χ4n) is 4.59. The van der Waals surface area contributed by atoms with Crippen LogP contribution in [0.2, 0.25) is 0 Å². The van der Waals surface area contributed by atoms with Gasteiger partial charge in [0.1, 0.15) is 0 Å². The molecule has 4 aliphatic rings. The molecule has 0 aromatic carbocycles. The zero-order chi connectivity index (χ0) is 9.05. The van der Waals surface area contributed by atoms with E-state index in [1.807, 2.05) is 0 Å². The fraction of sp³-hybridized carbons (Fsp3) is 0.917. The highest BCUT2D eigenvalue weighted by atomic mass is 16.3. The molecule has 1 radical (unpaired) electrons. The lowest BCUT2D eigenvalue weighted by Gasteiger charge is -2.58. The highest BCUT2D eigenvalue weighted by molar-refractivity contribution is 5.04. The molecule has 0 aromatic rings. The van der Waals surface area contributed by atoms with Gasteiger partial charge in [0.15, 0.2) is 0 Å². The molecule has 13 heavy (non-hydrogen) atoms. The first-order valence-corrected chi connectivity index (χ1v) is 5.69. The van der Waals surface area contributed by atoms with Crippen molar-refractivity contribution in [2.75, 3.05) is 0 Å². The molecule has 0 heterocycles. The Kier molecular flexibility index (Phi) is 1.59. The van der Waals surface area contributed by atoms with E-state index < -0.39 is 0 Å². The second-order valence-corrected chi connectivity index (χ2v) is 5.80. The summed E-state index contributed by atoms with van der Waals surface area (Å²) >= 11 is 0. The van der Waals surface area contributed by atoms with Crippen LogP contribution >= 0.6 is 0 Å². The first-order valence-electron chi connectivity index (χ1n) is 5.69. The van der Waals surface area contributed by atoms with Crippen LogP contribution < -0.4 is 0 Å². The van der Waals surface area contributed by atoms with Crippen molar-refractivity contribution in [1.82, 2.24) is 0 Å². The average Bonchev–Trinajstić information content (AvgIpc) is 2.00. The minimum absolute atomic E-state index is 0.245. The van der Waals surface area contributed by atoms with Crippen molar-refractivity contribution in [2.24, 2.45) is 23.2 Å². The Morgan fingerprint density at radius 1 is 1.00 bits per heavy atom. The standard InChI is InChI=1S/C12H19O/c1-8(13)12-5-9-2-10(6-12)4-11(3-9)7-12/h8-11,13H,1-7H2. The second kappa shape index (κ2) is 2.50. The van der Waals surface area contributed by atoms with Crippen LogP contribution in [-0.4, -0.2) is 11.2 Å². The molecule has 0 aliphatic heterocycles. The van der Waals surface area contributed by atoms with Gasteiger partial charge in [-0.15, -0.1) is 0 Å². The van der Waals surface area contributed by atoms with Crippen molar-refractivity contribution in [3.8, 4) is 0 Å². The molecule has 1 nitrogen and oxygen atoms in total. The third-order valence-corrected chi connectivity index (χ3v) is 4.79. The number of hydrogen-bond donors (Lipinski definition) is 1. The van der Waals surface area contributed by atoms with Gasteiger partial charge in [0, 0.05) is 0 Å². The van der Waals surface area contributed by atoms with E-state index in [1.165, 1.54) is 38.5 Å². The van der Waals surface area contributed by atoms with Crippen molar-refractivity contribution < 1.29 is 5.11 Å². The van der Waals surface area contributed by atoms with Gasteiger partial charge in [-0.25, -0.2) is 0 Å². The van der Waals surface area contributed by atoms with E-state index >= 15 is 0 Å². The van der Waals surface area contributed by atoms with Crippen LogP contribution in [0.15, 0.2) is 0 Å². The Morgan fingerprint density at radius 3 is 1.69 bits per heavy atom. The summed E-state index contributed by atoms with van der Waals surface area (Å²) in [5.74, 6) is 2.80. The van der Waals surface area contributed by atoms with Gasteiger partial charge in [0.05, 0.1) is 6.10 Å². The van der Waals surface area contributed by atoms with Gasteiger partial charge in [-0.1, -0.05) is 0 Å². The number of aliphatic hydroxyl groups is 1. The van der Waals surface area contributed by atoms with E-state index in [0.29, 0.717) is 0 Å². The van der Waals surface area contributed by atoms with Gasteiger partial charge in [-0.3, -0.25) is 0 Å². The molecule has 1 atom stereocenters. The summed E-state index contributed by atoms with van der Waals surface area (Å²) in [6.07, 6.45) is 7.85. The first kappa shape index (κ1) is 8.28. The summed E-state index contributed by atoms with van der Waals surface area (Å²) in [7, 11) is 0. The van der Waals surface area contributed by atoms with Crippen LogP contribution in [0.3, 0.4) is 0 Å². The van der Waals surface area contributed by atoms with E-state index in [-0.39, 0.29) is 11.5 Å². The number of hydrogen-bond acceptors (Lipinski definition) is 1. The summed E-state index contributed by atoms with van der Waals surface area (Å²) in [6, 6.07) is 0. The van der Waals surface area contributed by atoms with Crippen LogP contribution in [0.5, 0.6) is 0 Å². The lowest BCUT2D eigenvalue weighted by molar-refractivity contribution is -0.105. The van der Waals surface area contributed by atoms with Crippen LogP contribution in [0.4, 0.5) is 0 Å². The molecule has 4 aliphatic carbocycles. The van der Waals surface area contributed by atoms with Crippen molar-refractivity contribution in [3.63, 3.8) is 0 Å². The smallest absolute Gasteiger partial charge is 0.0597 e. The number of aliphatic hydroxyl groups excluding tert-OH is 1. The molecular weight excluding hydrogens is 160 g/mol.